The molecule has 1 aliphatic heterocycles. The Kier molecular flexibility index (Phi) is 5.22. The number of rotatable bonds is 4. The van der Waals surface area contributed by atoms with E-state index in [4.69, 9.17) is 5.73 Å². The Morgan fingerprint density at radius 3 is 2.00 bits per heavy atom. The molecular formula is C13H27N3O2S. The van der Waals surface area contributed by atoms with Crippen molar-refractivity contribution < 1.29 is 8.42 Å². The number of hydrogen-bond acceptors (Lipinski definition) is 4. The fourth-order valence-electron chi connectivity index (χ4n) is 3.26. The first-order valence-electron chi connectivity index (χ1n) is 7.36. The van der Waals surface area contributed by atoms with Gasteiger partial charge >= 0.3 is 0 Å². The third-order valence-corrected chi connectivity index (χ3v) is 5.92. The van der Waals surface area contributed by atoms with Crippen LogP contribution in [0.15, 0.2) is 0 Å². The van der Waals surface area contributed by atoms with Crippen molar-refractivity contribution in [2.24, 2.45) is 17.6 Å². The van der Waals surface area contributed by atoms with Crippen molar-refractivity contribution in [3.8, 4) is 0 Å². The Morgan fingerprint density at radius 2 is 1.53 bits per heavy atom. The monoisotopic (exact) mass is 289 g/mol. The van der Waals surface area contributed by atoms with Gasteiger partial charge in [0.2, 0.25) is 10.0 Å². The lowest BCUT2D eigenvalue weighted by atomic mass is 9.82. The molecule has 0 amide bonds. The Balaban J connectivity index is 1.72. The Bertz CT molecular complexity index is 369. The minimum Gasteiger partial charge on any atom is -0.330 e. The van der Waals surface area contributed by atoms with Crippen LogP contribution in [-0.2, 0) is 10.0 Å². The summed E-state index contributed by atoms with van der Waals surface area (Å²) in [6.45, 7) is 5.02. The van der Waals surface area contributed by atoms with Crippen LogP contribution < -0.4 is 5.73 Å². The highest BCUT2D eigenvalue weighted by Crippen LogP contribution is 2.28. The summed E-state index contributed by atoms with van der Waals surface area (Å²) in [5, 5.41) is 0. The summed E-state index contributed by atoms with van der Waals surface area (Å²) >= 11 is 0. The molecule has 1 aliphatic carbocycles. The van der Waals surface area contributed by atoms with Gasteiger partial charge in [-0.3, -0.25) is 0 Å². The highest BCUT2D eigenvalue weighted by molar-refractivity contribution is 7.88. The Morgan fingerprint density at radius 1 is 1.00 bits per heavy atom. The molecular weight excluding hydrogens is 262 g/mol. The van der Waals surface area contributed by atoms with E-state index < -0.39 is 10.0 Å². The van der Waals surface area contributed by atoms with Gasteiger partial charge in [0.05, 0.1) is 6.26 Å². The highest BCUT2D eigenvalue weighted by Gasteiger charge is 2.26. The first-order valence-corrected chi connectivity index (χ1v) is 9.21. The topological polar surface area (TPSA) is 66.6 Å². The molecule has 1 saturated carbocycles. The number of sulfonamides is 1. The van der Waals surface area contributed by atoms with E-state index in [0.29, 0.717) is 13.1 Å². The summed E-state index contributed by atoms with van der Waals surface area (Å²) in [7, 11) is -3.00. The van der Waals surface area contributed by atoms with Gasteiger partial charge in [-0.1, -0.05) is 0 Å². The van der Waals surface area contributed by atoms with E-state index in [1.807, 2.05) is 0 Å². The lowest BCUT2D eigenvalue weighted by Crippen LogP contribution is -2.49. The molecule has 1 heterocycles. The average molecular weight is 289 g/mol. The first kappa shape index (κ1) is 15.2. The van der Waals surface area contributed by atoms with Gasteiger partial charge in [0.15, 0.2) is 0 Å². The molecule has 112 valence electrons. The molecule has 0 unspecified atom stereocenters. The molecule has 0 atom stereocenters. The van der Waals surface area contributed by atoms with Crippen LogP contribution in [0.4, 0.5) is 0 Å². The van der Waals surface area contributed by atoms with Gasteiger partial charge in [-0.15, -0.1) is 0 Å². The summed E-state index contributed by atoms with van der Waals surface area (Å²) in [6.07, 6.45) is 6.41. The van der Waals surface area contributed by atoms with E-state index in [1.165, 1.54) is 31.9 Å². The smallest absolute Gasteiger partial charge is 0.211 e. The van der Waals surface area contributed by atoms with Crippen molar-refractivity contribution in [2.75, 3.05) is 45.5 Å². The zero-order chi connectivity index (χ0) is 13.9. The lowest BCUT2D eigenvalue weighted by molar-refractivity contribution is 0.141. The van der Waals surface area contributed by atoms with Gasteiger partial charge in [-0.2, -0.15) is 4.31 Å². The van der Waals surface area contributed by atoms with Crippen molar-refractivity contribution in [1.82, 2.24) is 9.21 Å². The molecule has 19 heavy (non-hydrogen) atoms. The van der Waals surface area contributed by atoms with Gasteiger partial charge in [0.25, 0.3) is 0 Å². The van der Waals surface area contributed by atoms with Crippen molar-refractivity contribution in [1.29, 1.82) is 0 Å². The molecule has 2 fully saturated rings. The summed E-state index contributed by atoms with van der Waals surface area (Å²) in [6, 6.07) is 0. The number of hydrogen-bond donors (Lipinski definition) is 1. The maximum Gasteiger partial charge on any atom is 0.211 e. The molecule has 2 N–H and O–H groups in total. The van der Waals surface area contributed by atoms with Crippen molar-refractivity contribution in [3.05, 3.63) is 0 Å². The third-order valence-electron chi connectivity index (χ3n) is 4.62. The van der Waals surface area contributed by atoms with Crippen LogP contribution in [0.2, 0.25) is 0 Å². The molecule has 0 aromatic rings. The van der Waals surface area contributed by atoms with E-state index in [1.54, 1.807) is 4.31 Å². The Labute approximate surface area is 117 Å². The molecule has 0 aromatic carbocycles. The van der Waals surface area contributed by atoms with E-state index >= 15 is 0 Å². The van der Waals surface area contributed by atoms with Crippen LogP contribution in [0.5, 0.6) is 0 Å². The molecule has 0 spiro atoms. The van der Waals surface area contributed by atoms with Crippen LogP contribution >= 0.6 is 0 Å². The average Bonchev–Trinajstić information content (AvgIpc) is 2.39. The van der Waals surface area contributed by atoms with Gasteiger partial charge in [-0.05, 0) is 44.1 Å². The summed E-state index contributed by atoms with van der Waals surface area (Å²) in [5.41, 5.74) is 5.72. The second kappa shape index (κ2) is 6.52. The zero-order valence-corrected chi connectivity index (χ0v) is 12.7. The fraction of sp³-hybridized carbons (Fsp3) is 1.00. The summed E-state index contributed by atoms with van der Waals surface area (Å²) < 4.78 is 24.5. The van der Waals surface area contributed by atoms with Crippen molar-refractivity contribution in [2.45, 2.75) is 25.7 Å². The van der Waals surface area contributed by atoms with E-state index in [-0.39, 0.29) is 0 Å². The van der Waals surface area contributed by atoms with Crippen LogP contribution in [0, 0.1) is 11.8 Å². The van der Waals surface area contributed by atoms with Crippen LogP contribution in [0.1, 0.15) is 25.7 Å². The maximum absolute atomic E-state index is 11.4. The molecule has 2 rings (SSSR count). The molecule has 5 nitrogen and oxygen atoms in total. The van der Waals surface area contributed by atoms with Crippen molar-refractivity contribution in [3.63, 3.8) is 0 Å². The minimum absolute atomic E-state index is 0.650. The zero-order valence-electron chi connectivity index (χ0n) is 11.9. The number of piperazine rings is 1. The summed E-state index contributed by atoms with van der Waals surface area (Å²) in [4.78, 5) is 2.43. The first-order chi connectivity index (χ1) is 8.99. The van der Waals surface area contributed by atoms with E-state index in [0.717, 1.165) is 38.0 Å². The van der Waals surface area contributed by atoms with E-state index in [2.05, 4.69) is 4.90 Å². The second-order valence-corrected chi connectivity index (χ2v) is 8.07. The molecule has 0 aromatic heterocycles. The van der Waals surface area contributed by atoms with Crippen LogP contribution in [-0.4, -0.2) is 63.1 Å². The Hall–Kier alpha value is -0.170. The quantitative estimate of drug-likeness (QED) is 0.810. The number of nitrogens with zero attached hydrogens (tertiary/aromatic N) is 2. The third kappa shape index (κ3) is 4.41. The van der Waals surface area contributed by atoms with Gasteiger partial charge in [0, 0.05) is 32.7 Å². The molecule has 6 heteroatoms. The van der Waals surface area contributed by atoms with Gasteiger partial charge in [0.1, 0.15) is 0 Å². The minimum atomic E-state index is -3.00. The maximum atomic E-state index is 11.4. The molecule has 0 radical (unpaired) electrons. The van der Waals surface area contributed by atoms with Crippen LogP contribution in [0.3, 0.4) is 0 Å². The second-order valence-electron chi connectivity index (χ2n) is 6.09. The summed E-state index contributed by atoms with van der Waals surface area (Å²) in [5.74, 6) is 1.52. The fourth-order valence-corrected chi connectivity index (χ4v) is 4.09. The van der Waals surface area contributed by atoms with E-state index in [9.17, 15) is 8.42 Å². The molecule has 2 aliphatic rings. The van der Waals surface area contributed by atoms with Crippen molar-refractivity contribution >= 4 is 10.0 Å². The normalized spacial score (nSPS) is 31.5. The molecule has 1 saturated heterocycles. The predicted molar refractivity (Wildman–Crippen MR) is 77.4 cm³/mol. The standard InChI is InChI=1S/C13H27N3O2S/c1-19(17,18)16-8-6-15(7-9-16)11-13-4-2-12(10-14)3-5-13/h12-13H,2-11,14H2,1H3. The number of nitrogens with two attached hydrogens (primary N) is 1. The SMILES string of the molecule is CS(=O)(=O)N1CCN(CC2CCC(CN)CC2)CC1. The van der Waals surface area contributed by atoms with Gasteiger partial charge in [-0.25, -0.2) is 8.42 Å². The highest BCUT2D eigenvalue weighted by atomic mass is 32.2. The van der Waals surface area contributed by atoms with Crippen LogP contribution in [0.25, 0.3) is 0 Å². The predicted octanol–water partition coefficient (Wildman–Crippen LogP) is 0.329. The van der Waals surface area contributed by atoms with Gasteiger partial charge < -0.3 is 10.6 Å². The largest absolute Gasteiger partial charge is 0.330 e. The molecule has 0 bridgehead atoms. The lowest BCUT2D eigenvalue weighted by Gasteiger charge is -2.37.